The van der Waals surface area contributed by atoms with Crippen molar-refractivity contribution in [2.24, 2.45) is 0 Å². The van der Waals surface area contributed by atoms with Crippen molar-refractivity contribution in [3.8, 4) is 0 Å². The Morgan fingerprint density at radius 3 is 2.40 bits per heavy atom. The molecule has 0 aliphatic rings. The van der Waals surface area contributed by atoms with E-state index in [-0.39, 0.29) is 5.56 Å². The molecule has 1 heterocycles. The van der Waals surface area contributed by atoms with Crippen LogP contribution in [0.25, 0.3) is 10.9 Å². The Hall–Kier alpha value is -2.55. The van der Waals surface area contributed by atoms with Crippen molar-refractivity contribution >= 4 is 16.6 Å². The summed E-state index contributed by atoms with van der Waals surface area (Å²) < 4.78 is 0. The fourth-order valence-corrected chi connectivity index (χ4v) is 3.52. The summed E-state index contributed by atoms with van der Waals surface area (Å²) in [5.74, 6) is 0. The standard InChI is InChI=1S/C22H26N2O/c1-5-6-17-7-8-20-18(11-17)12-19(22(25)24-20)13-23-21-15(3)9-14(2)10-16(21)4/h7-12,23H,5-6,13H2,1-4H3,(H,24,25). The van der Waals surface area contributed by atoms with Crippen molar-refractivity contribution in [2.45, 2.75) is 47.1 Å². The van der Waals surface area contributed by atoms with Crippen molar-refractivity contribution in [3.63, 3.8) is 0 Å². The maximum atomic E-state index is 12.4. The smallest absolute Gasteiger partial charge is 0.253 e. The molecule has 25 heavy (non-hydrogen) atoms. The molecule has 0 fully saturated rings. The van der Waals surface area contributed by atoms with Crippen LogP contribution in [-0.2, 0) is 13.0 Å². The Kier molecular flexibility index (Phi) is 4.93. The lowest BCUT2D eigenvalue weighted by Gasteiger charge is -2.14. The molecule has 0 unspecified atom stereocenters. The van der Waals surface area contributed by atoms with Gasteiger partial charge in [0.2, 0.25) is 0 Å². The van der Waals surface area contributed by atoms with Gasteiger partial charge in [-0.1, -0.05) is 37.1 Å². The molecular weight excluding hydrogens is 308 g/mol. The Morgan fingerprint density at radius 1 is 1.00 bits per heavy atom. The molecular formula is C22H26N2O. The van der Waals surface area contributed by atoms with Crippen LogP contribution < -0.4 is 10.9 Å². The zero-order chi connectivity index (χ0) is 18.0. The van der Waals surface area contributed by atoms with E-state index in [2.05, 4.69) is 62.3 Å². The summed E-state index contributed by atoms with van der Waals surface area (Å²) in [6, 6.07) is 12.6. The van der Waals surface area contributed by atoms with Gasteiger partial charge in [-0.2, -0.15) is 0 Å². The summed E-state index contributed by atoms with van der Waals surface area (Å²) in [6.07, 6.45) is 2.18. The van der Waals surface area contributed by atoms with Crippen LogP contribution in [-0.4, -0.2) is 4.98 Å². The number of benzene rings is 2. The quantitative estimate of drug-likeness (QED) is 0.688. The molecule has 0 spiro atoms. The second-order valence-electron chi connectivity index (χ2n) is 6.92. The van der Waals surface area contributed by atoms with E-state index in [9.17, 15) is 4.79 Å². The SMILES string of the molecule is CCCc1ccc2[nH]c(=O)c(CNc3c(C)cc(C)cc3C)cc2c1. The first-order valence-corrected chi connectivity index (χ1v) is 8.94. The van der Waals surface area contributed by atoms with Crippen LogP contribution in [0, 0.1) is 20.8 Å². The van der Waals surface area contributed by atoms with Gasteiger partial charge >= 0.3 is 0 Å². The number of rotatable bonds is 5. The Labute approximate surface area is 149 Å². The lowest BCUT2D eigenvalue weighted by Crippen LogP contribution is -2.16. The van der Waals surface area contributed by atoms with Gasteiger partial charge in [-0.05, 0) is 67.5 Å². The first kappa shape index (κ1) is 17.3. The van der Waals surface area contributed by atoms with Gasteiger partial charge in [-0.25, -0.2) is 0 Å². The van der Waals surface area contributed by atoms with Gasteiger partial charge in [0.1, 0.15) is 0 Å². The number of H-pyrrole nitrogens is 1. The molecule has 0 amide bonds. The molecule has 1 aromatic heterocycles. The molecule has 3 nitrogen and oxygen atoms in total. The molecule has 3 aromatic rings. The van der Waals surface area contributed by atoms with Gasteiger partial charge in [0.05, 0.1) is 0 Å². The Balaban J connectivity index is 1.91. The number of hydrogen-bond donors (Lipinski definition) is 2. The van der Waals surface area contributed by atoms with Crippen LogP contribution >= 0.6 is 0 Å². The fraction of sp³-hybridized carbons (Fsp3) is 0.318. The highest BCUT2D eigenvalue weighted by Gasteiger charge is 2.07. The number of anilines is 1. The molecule has 2 N–H and O–H groups in total. The lowest BCUT2D eigenvalue weighted by molar-refractivity contribution is 0.923. The van der Waals surface area contributed by atoms with Gasteiger partial charge in [-0.15, -0.1) is 0 Å². The van der Waals surface area contributed by atoms with E-state index in [0.717, 1.165) is 35.0 Å². The molecule has 0 bridgehead atoms. The lowest BCUT2D eigenvalue weighted by atomic mass is 10.0. The summed E-state index contributed by atoms with van der Waals surface area (Å²) in [4.78, 5) is 15.4. The van der Waals surface area contributed by atoms with Crippen LogP contribution in [0.4, 0.5) is 5.69 Å². The predicted molar refractivity (Wildman–Crippen MR) is 107 cm³/mol. The first-order valence-electron chi connectivity index (χ1n) is 8.94. The molecule has 0 aliphatic carbocycles. The highest BCUT2D eigenvalue weighted by molar-refractivity contribution is 5.79. The minimum Gasteiger partial charge on any atom is -0.380 e. The van der Waals surface area contributed by atoms with E-state index in [1.807, 2.05) is 12.1 Å². The second-order valence-corrected chi connectivity index (χ2v) is 6.92. The molecule has 2 aromatic carbocycles. The fourth-order valence-electron chi connectivity index (χ4n) is 3.52. The maximum absolute atomic E-state index is 12.4. The molecule has 0 aliphatic heterocycles. The van der Waals surface area contributed by atoms with Gasteiger partial charge in [-0.3, -0.25) is 4.79 Å². The number of fused-ring (bicyclic) bond motifs is 1. The molecule has 0 atom stereocenters. The zero-order valence-electron chi connectivity index (χ0n) is 15.5. The van der Waals surface area contributed by atoms with Gasteiger partial charge in [0.25, 0.3) is 5.56 Å². The van der Waals surface area contributed by atoms with Crippen LogP contribution in [0.2, 0.25) is 0 Å². The largest absolute Gasteiger partial charge is 0.380 e. The van der Waals surface area contributed by atoms with E-state index in [0.29, 0.717) is 6.54 Å². The number of nitrogens with one attached hydrogen (secondary N) is 2. The number of aromatic nitrogens is 1. The minimum absolute atomic E-state index is 0.0225. The molecule has 130 valence electrons. The second kappa shape index (κ2) is 7.14. The van der Waals surface area contributed by atoms with E-state index in [1.165, 1.54) is 22.3 Å². The summed E-state index contributed by atoms with van der Waals surface area (Å²) in [5, 5.41) is 4.55. The molecule has 0 saturated carbocycles. The highest BCUT2D eigenvalue weighted by Crippen LogP contribution is 2.23. The van der Waals surface area contributed by atoms with Crippen molar-refractivity contribution in [3.05, 3.63) is 74.6 Å². The molecule has 3 rings (SSSR count). The first-order chi connectivity index (χ1) is 12.0. The maximum Gasteiger partial charge on any atom is 0.253 e. The van der Waals surface area contributed by atoms with Crippen molar-refractivity contribution in [2.75, 3.05) is 5.32 Å². The minimum atomic E-state index is -0.0225. The third kappa shape index (κ3) is 3.76. The van der Waals surface area contributed by atoms with Crippen LogP contribution in [0.15, 0.2) is 41.2 Å². The third-order valence-corrected chi connectivity index (χ3v) is 4.66. The molecule has 3 heteroatoms. The van der Waals surface area contributed by atoms with Gasteiger partial charge in [0, 0.05) is 23.3 Å². The number of pyridine rings is 1. The average Bonchev–Trinajstić information content (AvgIpc) is 2.54. The summed E-state index contributed by atoms with van der Waals surface area (Å²) in [5.41, 5.74) is 7.74. The Bertz CT molecular complexity index is 946. The van der Waals surface area contributed by atoms with E-state index >= 15 is 0 Å². The molecule has 0 radical (unpaired) electrons. The molecule has 0 saturated heterocycles. The van der Waals surface area contributed by atoms with E-state index < -0.39 is 0 Å². The summed E-state index contributed by atoms with van der Waals surface area (Å²) in [6.45, 7) is 9.01. The predicted octanol–water partition coefficient (Wildman–Crippen LogP) is 5.02. The highest BCUT2D eigenvalue weighted by atomic mass is 16.1. The van der Waals surface area contributed by atoms with Crippen molar-refractivity contribution in [1.82, 2.24) is 4.98 Å². The van der Waals surface area contributed by atoms with Crippen LogP contribution in [0.3, 0.4) is 0 Å². The van der Waals surface area contributed by atoms with Crippen LogP contribution in [0.1, 0.15) is 41.2 Å². The monoisotopic (exact) mass is 334 g/mol. The van der Waals surface area contributed by atoms with Crippen LogP contribution in [0.5, 0.6) is 0 Å². The third-order valence-electron chi connectivity index (χ3n) is 4.66. The summed E-state index contributed by atoms with van der Waals surface area (Å²) >= 11 is 0. The van der Waals surface area contributed by atoms with Gasteiger partial charge < -0.3 is 10.3 Å². The van der Waals surface area contributed by atoms with Crippen molar-refractivity contribution < 1.29 is 0 Å². The van der Waals surface area contributed by atoms with E-state index in [4.69, 9.17) is 0 Å². The number of aromatic amines is 1. The zero-order valence-corrected chi connectivity index (χ0v) is 15.5. The van der Waals surface area contributed by atoms with Crippen molar-refractivity contribution in [1.29, 1.82) is 0 Å². The topological polar surface area (TPSA) is 44.9 Å². The summed E-state index contributed by atoms with van der Waals surface area (Å²) in [7, 11) is 0. The Morgan fingerprint density at radius 2 is 1.72 bits per heavy atom. The van der Waals surface area contributed by atoms with Gasteiger partial charge in [0.15, 0.2) is 0 Å². The number of aryl methyl sites for hydroxylation is 4. The number of hydrogen-bond acceptors (Lipinski definition) is 2. The van der Waals surface area contributed by atoms with E-state index in [1.54, 1.807) is 0 Å². The normalized spacial score (nSPS) is 11.0. The average molecular weight is 334 g/mol.